The molecule has 8 heteroatoms. The van der Waals surface area contributed by atoms with Crippen molar-refractivity contribution in [2.24, 2.45) is 5.10 Å². The molecule has 0 spiro atoms. The largest absolute Gasteiger partial charge is 0.495 e. The molecule has 0 heterocycles. The van der Waals surface area contributed by atoms with Crippen molar-refractivity contribution >= 4 is 23.5 Å². The molecule has 0 radical (unpaired) electrons. The summed E-state index contributed by atoms with van der Waals surface area (Å²) in [6.07, 6.45) is 1.34. The van der Waals surface area contributed by atoms with Crippen molar-refractivity contribution in [1.29, 1.82) is 0 Å². The van der Waals surface area contributed by atoms with Gasteiger partial charge in [0.25, 0.3) is 11.6 Å². The van der Waals surface area contributed by atoms with Crippen LogP contribution in [0, 0.1) is 10.1 Å². The summed E-state index contributed by atoms with van der Waals surface area (Å²) in [5.41, 5.74) is 3.51. The molecule has 0 aliphatic carbocycles. The number of carbonyl (C=O) groups is 1. The second-order valence-electron chi connectivity index (χ2n) is 4.70. The summed E-state index contributed by atoms with van der Waals surface area (Å²) in [6, 6.07) is 13.2. The average Bonchev–Trinajstić information content (AvgIpc) is 2.60. The molecule has 0 aromatic heterocycles. The van der Waals surface area contributed by atoms with Gasteiger partial charge in [-0.2, -0.15) is 5.10 Å². The minimum atomic E-state index is -0.493. The Morgan fingerprint density at radius 2 is 2.08 bits per heavy atom. The van der Waals surface area contributed by atoms with Gasteiger partial charge in [-0.05, 0) is 12.1 Å². The van der Waals surface area contributed by atoms with Crippen LogP contribution in [-0.2, 0) is 4.79 Å². The predicted molar refractivity (Wildman–Crippen MR) is 90.3 cm³/mol. The fraction of sp³-hybridized carbons (Fsp3) is 0.125. The quantitative estimate of drug-likeness (QED) is 0.460. The maximum Gasteiger partial charge on any atom is 0.270 e. The minimum absolute atomic E-state index is 0.00660. The zero-order valence-corrected chi connectivity index (χ0v) is 12.9. The summed E-state index contributed by atoms with van der Waals surface area (Å²) >= 11 is 0. The maximum atomic E-state index is 11.7. The summed E-state index contributed by atoms with van der Waals surface area (Å²) in [4.78, 5) is 21.9. The van der Waals surface area contributed by atoms with E-state index in [1.54, 1.807) is 31.4 Å². The van der Waals surface area contributed by atoms with Gasteiger partial charge in [0.2, 0.25) is 0 Å². The number of hydrazone groups is 1. The normalized spacial score (nSPS) is 10.4. The van der Waals surface area contributed by atoms with Gasteiger partial charge < -0.3 is 10.1 Å². The number of carbonyl (C=O) groups excluding carboxylic acids is 1. The molecule has 2 N–H and O–H groups in total. The third-order valence-electron chi connectivity index (χ3n) is 3.03. The van der Waals surface area contributed by atoms with Crippen molar-refractivity contribution in [3.8, 4) is 5.75 Å². The van der Waals surface area contributed by atoms with Gasteiger partial charge in [-0.15, -0.1) is 0 Å². The minimum Gasteiger partial charge on any atom is -0.495 e. The molecule has 2 aromatic carbocycles. The number of hydrogen-bond acceptors (Lipinski definition) is 6. The first-order valence-electron chi connectivity index (χ1n) is 7.03. The second-order valence-corrected chi connectivity index (χ2v) is 4.70. The van der Waals surface area contributed by atoms with Crippen molar-refractivity contribution < 1.29 is 14.5 Å². The van der Waals surface area contributed by atoms with Gasteiger partial charge in [0.15, 0.2) is 0 Å². The molecule has 0 unspecified atom stereocenters. The number of methoxy groups -OCH3 is 1. The maximum absolute atomic E-state index is 11.7. The van der Waals surface area contributed by atoms with Gasteiger partial charge in [-0.3, -0.25) is 14.9 Å². The molecule has 0 aliphatic rings. The first-order valence-corrected chi connectivity index (χ1v) is 7.03. The Morgan fingerprint density at radius 3 is 2.83 bits per heavy atom. The highest BCUT2D eigenvalue weighted by atomic mass is 16.6. The average molecular weight is 328 g/mol. The Kier molecular flexibility index (Phi) is 5.84. The van der Waals surface area contributed by atoms with E-state index in [0.717, 1.165) is 0 Å². The number of amides is 1. The molecule has 0 bridgehead atoms. The number of nitro groups is 1. The first kappa shape index (κ1) is 16.9. The lowest BCUT2D eigenvalue weighted by Gasteiger charge is -2.09. The number of anilines is 1. The van der Waals surface area contributed by atoms with E-state index in [2.05, 4.69) is 15.8 Å². The highest BCUT2D eigenvalue weighted by molar-refractivity contribution is 5.85. The van der Waals surface area contributed by atoms with Crippen LogP contribution in [0.15, 0.2) is 53.6 Å². The number of ether oxygens (including phenoxy) is 1. The van der Waals surface area contributed by atoms with Crippen molar-refractivity contribution in [3.05, 3.63) is 64.2 Å². The fourth-order valence-electron chi connectivity index (χ4n) is 1.90. The van der Waals surface area contributed by atoms with Crippen molar-refractivity contribution in [3.63, 3.8) is 0 Å². The van der Waals surface area contributed by atoms with Crippen molar-refractivity contribution in [2.75, 3.05) is 19.0 Å². The van der Waals surface area contributed by atoms with E-state index in [9.17, 15) is 14.9 Å². The number of non-ortho nitro benzene ring substituents is 1. The molecule has 8 nitrogen and oxygen atoms in total. The zero-order chi connectivity index (χ0) is 17.4. The lowest BCUT2D eigenvalue weighted by atomic mass is 10.2. The second kappa shape index (κ2) is 8.28. The molecule has 2 aromatic rings. The molecule has 0 aliphatic heterocycles. The Hall–Kier alpha value is -3.42. The van der Waals surface area contributed by atoms with Gasteiger partial charge in [0.05, 0.1) is 30.5 Å². The highest BCUT2D eigenvalue weighted by Crippen LogP contribution is 2.22. The molecule has 0 atom stereocenters. The van der Waals surface area contributed by atoms with Gasteiger partial charge in [-0.1, -0.05) is 24.3 Å². The summed E-state index contributed by atoms with van der Waals surface area (Å²) in [5.74, 6) is 0.271. The lowest BCUT2D eigenvalue weighted by molar-refractivity contribution is -0.384. The number of nitrogens with one attached hydrogen (secondary N) is 2. The number of rotatable bonds is 7. The lowest BCUT2D eigenvalue weighted by Crippen LogP contribution is -2.26. The van der Waals surface area contributed by atoms with Crippen molar-refractivity contribution in [2.45, 2.75) is 0 Å². The molecular formula is C16H16N4O4. The van der Waals surface area contributed by atoms with Crippen LogP contribution in [0.4, 0.5) is 11.4 Å². The predicted octanol–water partition coefficient (Wildman–Crippen LogP) is 2.17. The highest BCUT2D eigenvalue weighted by Gasteiger charge is 2.05. The number of benzene rings is 2. The van der Waals surface area contributed by atoms with Crippen LogP contribution in [0.5, 0.6) is 5.75 Å². The summed E-state index contributed by atoms with van der Waals surface area (Å²) < 4.78 is 5.17. The zero-order valence-electron chi connectivity index (χ0n) is 12.9. The van der Waals surface area contributed by atoms with E-state index in [1.807, 2.05) is 12.1 Å². The third kappa shape index (κ3) is 4.80. The van der Waals surface area contributed by atoms with E-state index >= 15 is 0 Å². The van der Waals surface area contributed by atoms with Crippen LogP contribution in [0.25, 0.3) is 0 Å². The summed E-state index contributed by atoms with van der Waals surface area (Å²) in [6.45, 7) is 0.00660. The molecule has 2 rings (SSSR count). The van der Waals surface area contributed by atoms with Crippen LogP contribution >= 0.6 is 0 Å². The first-order chi connectivity index (χ1) is 11.6. The standard InChI is InChI=1S/C16H16N4O4/c1-24-15-8-3-2-7-14(15)17-11-16(21)19-18-10-12-5-4-6-13(9-12)20(22)23/h2-10,17H,11H2,1H3,(H,19,21)/b18-10-. The molecule has 1 amide bonds. The van der Waals surface area contributed by atoms with Crippen LogP contribution in [0.3, 0.4) is 0 Å². The van der Waals surface area contributed by atoms with Gasteiger partial charge >= 0.3 is 0 Å². The van der Waals surface area contributed by atoms with Gasteiger partial charge in [-0.25, -0.2) is 5.43 Å². The third-order valence-corrected chi connectivity index (χ3v) is 3.03. The van der Waals surface area contributed by atoms with Gasteiger partial charge in [0.1, 0.15) is 5.75 Å². The summed E-state index contributed by atoms with van der Waals surface area (Å²) in [7, 11) is 1.55. The monoisotopic (exact) mass is 328 g/mol. The Balaban J connectivity index is 1.87. The molecule has 0 fully saturated rings. The van der Waals surface area contributed by atoms with Crippen LogP contribution < -0.4 is 15.5 Å². The molecular weight excluding hydrogens is 312 g/mol. The van der Waals surface area contributed by atoms with E-state index < -0.39 is 4.92 Å². The van der Waals surface area contributed by atoms with Crippen LogP contribution in [-0.4, -0.2) is 30.7 Å². The Bertz CT molecular complexity index is 761. The van der Waals surface area contributed by atoms with Crippen molar-refractivity contribution in [1.82, 2.24) is 5.43 Å². The number of hydrogen-bond donors (Lipinski definition) is 2. The number of nitrogens with zero attached hydrogens (tertiary/aromatic N) is 2. The van der Waals surface area contributed by atoms with Gasteiger partial charge in [0, 0.05) is 17.7 Å². The van der Waals surface area contributed by atoms with E-state index in [4.69, 9.17) is 4.74 Å². The summed E-state index contributed by atoms with van der Waals surface area (Å²) in [5, 5.41) is 17.4. The molecule has 0 saturated heterocycles. The Labute approximate surface area is 138 Å². The molecule has 24 heavy (non-hydrogen) atoms. The fourth-order valence-corrected chi connectivity index (χ4v) is 1.90. The number of para-hydroxylation sites is 2. The van der Waals surface area contributed by atoms with E-state index in [-0.39, 0.29) is 18.1 Å². The molecule has 124 valence electrons. The Morgan fingerprint density at radius 1 is 1.29 bits per heavy atom. The SMILES string of the molecule is COc1ccccc1NCC(=O)N/N=C\c1cccc([N+](=O)[O-])c1. The molecule has 0 saturated carbocycles. The van der Waals surface area contributed by atoms with Crippen LogP contribution in [0.1, 0.15) is 5.56 Å². The smallest absolute Gasteiger partial charge is 0.270 e. The number of nitro benzene ring substituents is 1. The topological polar surface area (TPSA) is 106 Å². The van der Waals surface area contributed by atoms with E-state index in [0.29, 0.717) is 17.0 Å². The van der Waals surface area contributed by atoms with E-state index in [1.165, 1.54) is 18.3 Å². The van der Waals surface area contributed by atoms with Crippen LogP contribution in [0.2, 0.25) is 0 Å².